The molecule has 3 heteroatoms. The highest BCUT2D eigenvalue weighted by molar-refractivity contribution is 5.48. The van der Waals surface area contributed by atoms with E-state index in [0.29, 0.717) is 6.42 Å². The monoisotopic (exact) mass is 271 g/mol. The second kappa shape index (κ2) is 6.96. The normalized spacial score (nSPS) is 13.6. The molecular weight excluding hydrogens is 250 g/mol. The molecule has 0 aliphatic carbocycles. The molecule has 0 spiro atoms. The number of aliphatic hydroxyl groups excluding tert-OH is 1. The van der Waals surface area contributed by atoms with E-state index < -0.39 is 0 Å². The lowest BCUT2D eigenvalue weighted by atomic mass is 10.0. The van der Waals surface area contributed by atoms with Crippen LogP contribution >= 0.6 is 0 Å². The summed E-state index contributed by atoms with van der Waals surface area (Å²) < 4.78 is 5.16. The molecular formula is C17H21NO2. The molecule has 0 aromatic heterocycles. The van der Waals surface area contributed by atoms with Gasteiger partial charge in [0.25, 0.3) is 0 Å². The number of anilines is 1. The first kappa shape index (κ1) is 14.4. The van der Waals surface area contributed by atoms with E-state index in [1.54, 1.807) is 7.11 Å². The van der Waals surface area contributed by atoms with Gasteiger partial charge in [0.05, 0.1) is 19.3 Å². The van der Waals surface area contributed by atoms with E-state index in [1.807, 2.05) is 49.4 Å². The largest absolute Gasteiger partial charge is 0.497 e. The summed E-state index contributed by atoms with van der Waals surface area (Å²) in [6, 6.07) is 18.1. The number of methoxy groups -OCH3 is 1. The number of aliphatic hydroxyl groups is 1. The number of benzene rings is 2. The van der Waals surface area contributed by atoms with Crippen molar-refractivity contribution in [2.75, 3.05) is 12.4 Å². The number of ether oxygens (including phenoxy) is 1. The third kappa shape index (κ3) is 4.00. The lowest BCUT2D eigenvalue weighted by Gasteiger charge is -2.22. The van der Waals surface area contributed by atoms with Gasteiger partial charge < -0.3 is 15.2 Å². The Balaban J connectivity index is 2.14. The topological polar surface area (TPSA) is 41.5 Å². The van der Waals surface area contributed by atoms with Gasteiger partial charge in [-0.2, -0.15) is 0 Å². The molecule has 2 aromatic rings. The van der Waals surface area contributed by atoms with Gasteiger partial charge in [-0.1, -0.05) is 30.3 Å². The predicted octanol–water partition coefficient (Wildman–Crippen LogP) is 3.62. The van der Waals surface area contributed by atoms with Gasteiger partial charge in [0, 0.05) is 5.69 Å². The van der Waals surface area contributed by atoms with Crippen LogP contribution in [-0.2, 0) is 0 Å². The zero-order valence-corrected chi connectivity index (χ0v) is 11.9. The van der Waals surface area contributed by atoms with Crippen molar-refractivity contribution < 1.29 is 9.84 Å². The van der Waals surface area contributed by atoms with Crippen LogP contribution in [-0.4, -0.2) is 18.3 Å². The standard InChI is InChI=1S/C17H21NO2/c1-13(19)12-17(14-6-4-3-5-7-14)18-15-8-10-16(20-2)11-9-15/h3-11,13,17-19H,12H2,1-2H3/t13-,17-/m0/s1. The van der Waals surface area contributed by atoms with Crippen molar-refractivity contribution in [1.29, 1.82) is 0 Å². The minimum atomic E-state index is -0.356. The molecule has 20 heavy (non-hydrogen) atoms. The summed E-state index contributed by atoms with van der Waals surface area (Å²) in [4.78, 5) is 0. The van der Waals surface area contributed by atoms with Gasteiger partial charge in [0.15, 0.2) is 0 Å². The predicted molar refractivity (Wildman–Crippen MR) is 82.1 cm³/mol. The Morgan fingerprint density at radius 1 is 1.05 bits per heavy atom. The number of rotatable bonds is 6. The number of nitrogens with one attached hydrogen (secondary N) is 1. The smallest absolute Gasteiger partial charge is 0.119 e. The van der Waals surface area contributed by atoms with Crippen molar-refractivity contribution in [1.82, 2.24) is 0 Å². The summed E-state index contributed by atoms with van der Waals surface area (Å²) in [5, 5.41) is 13.1. The lowest BCUT2D eigenvalue weighted by Crippen LogP contribution is -2.16. The molecule has 0 aliphatic heterocycles. The first-order chi connectivity index (χ1) is 9.69. The van der Waals surface area contributed by atoms with Crippen molar-refractivity contribution in [2.45, 2.75) is 25.5 Å². The van der Waals surface area contributed by atoms with Crippen LogP contribution in [0.3, 0.4) is 0 Å². The fourth-order valence-electron chi connectivity index (χ4n) is 2.19. The van der Waals surface area contributed by atoms with Crippen LogP contribution in [0, 0.1) is 0 Å². The number of hydrogen-bond donors (Lipinski definition) is 2. The summed E-state index contributed by atoms with van der Waals surface area (Å²) in [7, 11) is 1.66. The van der Waals surface area contributed by atoms with E-state index >= 15 is 0 Å². The molecule has 0 saturated carbocycles. The quantitative estimate of drug-likeness (QED) is 0.843. The van der Waals surface area contributed by atoms with Gasteiger partial charge in [0.1, 0.15) is 5.75 Å². The average molecular weight is 271 g/mol. The molecule has 2 aromatic carbocycles. The molecule has 0 unspecified atom stereocenters. The van der Waals surface area contributed by atoms with Gasteiger partial charge in [-0.25, -0.2) is 0 Å². The van der Waals surface area contributed by atoms with Crippen molar-refractivity contribution in [3.05, 3.63) is 60.2 Å². The Bertz CT molecular complexity index is 508. The van der Waals surface area contributed by atoms with E-state index in [-0.39, 0.29) is 12.1 Å². The van der Waals surface area contributed by atoms with Crippen molar-refractivity contribution in [2.24, 2.45) is 0 Å². The molecule has 2 N–H and O–H groups in total. The van der Waals surface area contributed by atoms with Crippen LogP contribution in [0.15, 0.2) is 54.6 Å². The Morgan fingerprint density at radius 3 is 2.25 bits per heavy atom. The second-order valence-electron chi connectivity index (χ2n) is 4.92. The first-order valence-corrected chi connectivity index (χ1v) is 6.82. The summed E-state index contributed by atoms with van der Waals surface area (Å²) >= 11 is 0. The van der Waals surface area contributed by atoms with Gasteiger partial charge in [0.2, 0.25) is 0 Å². The van der Waals surface area contributed by atoms with Gasteiger partial charge in [-0.05, 0) is 43.2 Å². The van der Waals surface area contributed by atoms with Crippen LogP contribution in [0.4, 0.5) is 5.69 Å². The minimum absolute atomic E-state index is 0.0876. The van der Waals surface area contributed by atoms with Crippen molar-refractivity contribution in [3.63, 3.8) is 0 Å². The highest BCUT2D eigenvalue weighted by Gasteiger charge is 2.13. The zero-order chi connectivity index (χ0) is 14.4. The SMILES string of the molecule is COc1ccc(N[C@@H](C[C@H](C)O)c2ccccc2)cc1. The molecule has 0 amide bonds. The maximum atomic E-state index is 9.68. The van der Waals surface area contributed by atoms with Crippen LogP contribution in [0.1, 0.15) is 24.9 Å². The Morgan fingerprint density at radius 2 is 1.70 bits per heavy atom. The Labute approximate surface area is 120 Å². The fourth-order valence-corrected chi connectivity index (χ4v) is 2.19. The highest BCUT2D eigenvalue weighted by Crippen LogP contribution is 2.25. The second-order valence-corrected chi connectivity index (χ2v) is 4.92. The lowest BCUT2D eigenvalue weighted by molar-refractivity contribution is 0.177. The minimum Gasteiger partial charge on any atom is -0.497 e. The maximum Gasteiger partial charge on any atom is 0.119 e. The summed E-state index contributed by atoms with van der Waals surface area (Å²) in [6.07, 6.45) is 0.307. The van der Waals surface area contributed by atoms with Gasteiger partial charge in [-0.15, -0.1) is 0 Å². The van der Waals surface area contributed by atoms with Gasteiger partial charge in [-0.3, -0.25) is 0 Å². The van der Waals surface area contributed by atoms with Crippen LogP contribution in [0.2, 0.25) is 0 Å². The molecule has 0 bridgehead atoms. The molecule has 0 radical (unpaired) electrons. The van der Waals surface area contributed by atoms with E-state index in [9.17, 15) is 5.11 Å². The van der Waals surface area contributed by atoms with Gasteiger partial charge >= 0.3 is 0 Å². The summed E-state index contributed by atoms with van der Waals surface area (Å²) in [5.41, 5.74) is 2.18. The molecule has 0 heterocycles. The van der Waals surface area contributed by atoms with E-state index in [1.165, 1.54) is 5.56 Å². The van der Waals surface area contributed by atoms with Crippen LogP contribution < -0.4 is 10.1 Å². The van der Waals surface area contributed by atoms with Crippen LogP contribution in [0.5, 0.6) is 5.75 Å². The maximum absolute atomic E-state index is 9.68. The zero-order valence-electron chi connectivity index (χ0n) is 11.9. The van der Waals surface area contributed by atoms with E-state index in [2.05, 4.69) is 17.4 Å². The van der Waals surface area contributed by atoms with Crippen molar-refractivity contribution in [3.8, 4) is 5.75 Å². The summed E-state index contributed by atoms with van der Waals surface area (Å²) in [6.45, 7) is 1.81. The van der Waals surface area contributed by atoms with Crippen molar-refractivity contribution >= 4 is 5.69 Å². The third-order valence-corrected chi connectivity index (χ3v) is 3.21. The number of hydrogen-bond acceptors (Lipinski definition) is 3. The molecule has 3 nitrogen and oxygen atoms in total. The molecule has 106 valence electrons. The first-order valence-electron chi connectivity index (χ1n) is 6.82. The summed E-state index contributed by atoms with van der Waals surface area (Å²) in [5.74, 6) is 0.835. The molecule has 2 rings (SSSR count). The van der Waals surface area contributed by atoms with E-state index in [4.69, 9.17) is 4.74 Å². The molecule has 0 saturated heterocycles. The fraction of sp³-hybridized carbons (Fsp3) is 0.294. The average Bonchev–Trinajstić information content (AvgIpc) is 2.48. The third-order valence-electron chi connectivity index (χ3n) is 3.21. The highest BCUT2D eigenvalue weighted by atomic mass is 16.5. The van der Waals surface area contributed by atoms with Crippen LogP contribution in [0.25, 0.3) is 0 Å². The molecule has 2 atom stereocenters. The Kier molecular flexibility index (Phi) is 5.02. The Hall–Kier alpha value is -2.00. The molecule has 0 aliphatic rings. The molecule has 0 fully saturated rings. The van der Waals surface area contributed by atoms with E-state index in [0.717, 1.165) is 11.4 Å².